The molecule has 0 spiro atoms. The predicted molar refractivity (Wildman–Crippen MR) is 97.9 cm³/mol. The summed E-state index contributed by atoms with van der Waals surface area (Å²) in [4.78, 5) is 30.6. The Morgan fingerprint density at radius 3 is 2.67 bits per heavy atom. The molecule has 1 saturated heterocycles. The molecule has 0 aromatic carbocycles. The summed E-state index contributed by atoms with van der Waals surface area (Å²) in [6.07, 6.45) is -3.11. The zero-order chi connectivity index (χ0) is 21.6. The van der Waals surface area contributed by atoms with E-state index in [1.807, 2.05) is 0 Å². The van der Waals surface area contributed by atoms with E-state index in [0.29, 0.717) is 31.3 Å². The van der Waals surface area contributed by atoms with Gasteiger partial charge in [-0.05, 0) is 18.9 Å². The molecule has 4 rings (SSSR count). The van der Waals surface area contributed by atoms with Crippen LogP contribution in [0.4, 0.5) is 17.6 Å². The summed E-state index contributed by atoms with van der Waals surface area (Å²) in [6.45, 7) is 0.116. The van der Waals surface area contributed by atoms with Crippen LogP contribution in [-0.2, 0) is 30.4 Å². The first kappa shape index (κ1) is 20.8. The van der Waals surface area contributed by atoms with E-state index >= 15 is 0 Å². The Hall–Kier alpha value is -2.43. The maximum atomic E-state index is 13.1. The van der Waals surface area contributed by atoms with Gasteiger partial charge in [-0.25, -0.2) is 13.9 Å². The number of rotatable bonds is 4. The van der Waals surface area contributed by atoms with Gasteiger partial charge in [0.1, 0.15) is 18.0 Å². The normalized spacial score (nSPS) is 19.5. The van der Waals surface area contributed by atoms with Crippen LogP contribution >= 0.6 is 11.6 Å². The summed E-state index contributed by atoms with van der Waals surface area (Å²) in [5.41, 5.74) is -1.22. The quantitative estimate of drug-likeness (QED) is 0.675. The van der Waals surface area contributed by atoms with Gasteiger partial charge in [0.25, 0.3) is 0 Å². The van der Waals surface area contributed by atoms with Gasteiger partial charge in [-0.1, -0.05) is 11.6 Å². The largest absolute Gasteiger partial charge is 0.417 e. The van der Waals surface area contributed by atoms with Crippen molar-refractivity contribution in [1.29, 1.82) is 0 Å². The minimum Gasteiger partial charge on any atom is -0.335 e. The molecule has 0 unspecified atom stereocenters. The van der Waals surface area contributed by atoms with Crippen molar-refractivity contribution in [2.45, 2.75) is 50.6 Å². The van der Waals surface area contributed by atoms with Crippen molar-refractivity contribution in [3.63, 3.8) is 0 Å². The topological polar surface area (TPSA) is 73.0 Å². The fourth-order valence-electron chi connectivity index (χ4n) is 3.74. The van der Waals surface area contributed by atoms with E-state index in [9.17, 15) is 27.2 Å². The number of carbonyl (C=O) groups is 1. The molecule has 162 valence electrons. The molecule has 2 aliphatic rings. The Bertz CT molecular complexity index is 1030. The minimum absolute atomic E-state index is 0.0334. The molecular weight excluding hydrogens is 430 g/mol. The van der Waals surface area contributed by atoms with Crippen molar-refractivity contribution >= 4 is 17.5 Å². The van der Waals surface area contributed by atoms with Crippen LogP contribution in [0.1, 0.15) is 36.0 Å². The van der Waals surface area contributed by atoms with E-state index in [4.69, 9.17) is 11.6 Å². The second-order valence-electron chi connectivity index (χ2n) is 7.44. The van der Waals surface area contributed by atoms with E-state index in [2.05, 4.69) is 10.1 Å². The van der Waals surface area contributed by atoms with Crippen LogP contribution in [0.2, 0.25) is 5.02 Å². The SMILES string of the molecule is O=C([C@@H]1CCCc2nn(CCc3ncc(C(F)(F)F)cc3Cl)c(=O)n21)N1CC(F)C1. The molecule has 7 nitrogen and oxygen atoms in total. The van der Waals surface area contributed by atoms with Crippen LogP contribution in [0, 0.1) is 0 Å². The van der Waals surface area contributed by atoms with Crippen LogP contribution in [0.3, 0.4) is 0 Å². The summed E-state index contributed by atoms with van der Waals surface area (Å²) in [5, 5.41) is 4.13. The molecule has 2 aromatic rings. The number of aryl methyl sites for hydroxylation is 3. The molecule has 4 heterocycles. The minimum atomic E-state index is -4.55. The molecule has 1 fully saturated rings. The fraction of sp³-hybridized carbons (Fsp3) is 0.556. The Kier molecular flexibility index (Phi) is 5.33. The average molecular weight is 448 g/mol. The number of hydrogen-bond acceptors (Lipinski definition) is 4. The van der Waals surface area contributed by atoms with Gasteiger partial charge in [0.15, 0.2) is 0 Å². The Morgan fingerprint density at radius 2 is 2.03 bits per heavy atom. The van der Waals surface area contributed by atoms with Gasteiger partial charge in [0, 0.05) is 19.0 Å². The van der Waals surface area contributed by atoms with Gasteiger partial charge in [0.2, 0.25) is 5.91 Å². The van der Waals surface area contributed by atoms with Crippen molar-refractivity contribution < 1.29 is 22.4 Å². The number of amides is 1. The third kappa shape index (κ3) is 3.82. The molecular formula is C18H18ClF4N5O2. The highest BCUT2D eigenvalue weighted by Crippen LogP contribution is 2.31. The summed E-state index contributed by atoms with van der Waals surface area (Å²) in [6, 6.07) is 0.0837. The smallest absolute Gasteiger partial charge is 0.335 e. The van der Waals surface area contributed by atoms with Crippen molar-refractivity contribution in [2.75, 3.05) is 13.1 Å². The molecule has 0 aliphatic carbocycles. The maximum absolute atomic E-state index is 13.1. The van der Waals surface area contributed by atoms with E-state index in [1.54, 1.807) is 0 Å². The van der Waals surface area contributed by atoms with Gasteiger partial charge >= 0.3 is 11.9 Å². The highest BCUT2D eigenvalue weighted by Gasteiger charge is 2.38. The first-order valence-corrected chi connectivity index (χ1v) is 9.85. The number of pyridine rings is 1. The lowest BCUT2D eigenvalue weighted by molar-refractivity contribution is -0.142. The summed E-state index contributed by atoms with van der Waals surface area (Å²) < 4.78 is 53.8. The number of likely N-dealkylation sites (tertiary alicyclic amines) is 1. The first-order chi connectivity index (χ1) is 14.1. The molecule has 1 amide bonds. The average Bonchev–Trinajstić information content (AvgIpc) is 2.99. The molecule has 0 radical (unpaired) electrons. The standard InChI is InChI=1S/C18H18ClF4N5O2/c19-12-6-10(18(21,22)23)7-24-13(12)4-5-27-17(30)28-14(2-1-3-15(28)25-27)16(29)26-8-11(20)9-26/h6-7,11,14H,1-5,8-9H2/t14-/m0/s1. The lowest BCUT2D eigenvalue weighted by Crippen LogP contribution is -2.54. The highest BCUT2D eigenvalue weighted by atomic mass is 35.5. The van der Waals surface area contributed by atoms with E-state index < -0.39 is 29.6 Å². The number of carbonyl (C=O) groups excluding carboxylic acids is 1. The summed E-state index contributed by atoms with van der Waals surface area (Å²) in [5.74, 6) is 0.173. The Labute approximate surface area is 173 Å². The number of alkyl halides is 4. The molecule has 0 N–H and O–H groups in total. The van der Waals surface area contributed by atoms with Gasteiger partial charge in [-0.3, -0.25) is 14.3 Å². The molecule has 0 saturated carbocycles. The van der Waals surface area contributed by atoms with Crippen LogP contribution in [0.25, 0.3) is 0 Å². The number of hydrogen-bond donors (Lipinski definition) is 0. The highest BCUT2D eigenvalue weighted by molar-refractivity contribution is 6.31. The fourth-order valence-corrected chi connectivity index (χ4v) is 4.00. The van der Waals surface area contributed by atoms with Crippen LogP contribution in [0.5, 0.6) is 0 Å². The molecule has 2 aliphatic heterocycles. The third-order valence-electron chi connectivity index (χ3n) is 5.37. The van der Waals surface area contributed by atoms with Crippen molar-refractivity contribution in [1.82, 2.24) is 24.2 Å². The van der Waals surface area contributed by atoms with E-state index in [0.717, 1.165) is 6.07 Å². The Morgan fingerprint density at radius 1 is 1.30 bits per heavy atom. The van der Waals surface area contributed by atoms with Crippen molar-refractivity contribution in [3.8, 4) is 0 Å². The van der Waals surface area contributed by atoms with E-state index in [-0.39, 0.29) is 42.7 Å². The summed E-state index contributed by atoms with van der Waals surface area (Å²) in [7, 11) is 0. The Balaban J connectivity index is 1.52. The van der Waals surface area contributed by atoms with Crippen molar-refractivity contribution in [2.24, 2.45) is 0 Å². The number of nitrogens with zero attached hydrogens (tertiary/aromatic N) is 5. The monoisotopic (exact) mass is 447 g/mol. The van der Waals surface area contributed by atoms with Crippen LogP contribution in [0.15, 0.2) is 17.1 Å². The number of halogens is 5. The molecule has 2 aromatic heterocycles. The van der Waals surface area contributed by atoms with Gasteiger partial charge in [-0.15, -0.1) is 0 Å². The van der Waals surface area contributed by atoms with E-state index in [1.165, 1.54) is 14.1 Å². The number of fused-ring (bicyclic) bond motifs is 1. The lowest BCUT2D eigenvalue weighted by atomic mass is 10.0. The van der Waals surface area contributed by atoms with Gasteiger partial charge in [0.05, 0.1) is 35.9 Å². The van der Waals surface area contributed by atoms with Crippen LogP contribution in [-0.4, -0.2) is 49.4 Å². The predicted octanol–water partition coefficient (Wildman–Crippen LogP) is 2.41. The second-order valence-corrected chi connectivity index (χ2v) is 7.85. The second kappa shape index (κ2) is 7.68. The summed E-state index contributed by atoms with van der Waals surface area (Å²) >= 11 is 5.92. The van der Waals surface area contributed by atoms with Crippen molar-refractivity contribution in [3.05, 3.63) is 44.9 Å². The maximum Gasteiger partial charge on any atom is 0.417 e. The van der Waals surface area contributed by atoms with Gasteiger partial charge in [-0.2, -0.15) is 18.3 Å². The lowest BCUT2D eigenvalue weighted by Gasteiger charge is -2.37. The first-order valence-electron chi connectivity index (χ1n) is 9.48. The van der Waals surface area contributed by atoms with Crippen LogP contribution < -0.4 is 5.69 Å². The number of aromatic nitrogens is 4. The molecule has 12 heteroatoms. The molecule has 0 bridgehead atoms. The zero-order valence-electron chi connectivity index (χ0n) is 15.7. The molecule has 30 heavy (non-hydrogen) atoms. The van der Waals surface area contributed by atoms with Gasteiger partial charge < -0.3 is 4.90 Å². The zero-order valence-corrected chi connectivity index (χ0v) is 16.5. The molecule has 1 atom stereocenters. The third-order valence-corrected chi connectivity index (χ3v) is 5.70.